The summed E-state index contributed by atoms with van der Waals surface area (Å²) >= 11 is 3.38. The smallest absolute Gasteiger partial charge is 0.242 e. The van der Waals surface area contributed by atoms with E-state index in [0.717, 1.165) is 16.9 Å². The van der Waals surface area contributed by atoms with E-state index in [0.29, 0.717) is 29.5 Å². The minimum absolute atomic E-state index is 0.0929. The van der Waals surface area contributed by atoms with Gasteiger partial charge in [-0.25, -0.2) is 13.1 Å². The van der Waals surface area contributed by atoms with E-state index in [9.17, 15) is 13.2 Å². The number of rotatable bonds is 3. The van der Waals surface area contributed by atoms with Gasteiger partial charge in [0.25, 0.3) is 0 Å². The highest BCUT2D eigenvalue weighted by atomic mass is 79.9. The Morgan fingerprint density at radius 1 is 1.26 bits per heavy atom. The monoisotopic (exact) mass is 450 g/mol. The molecular formula is C19H19BrN2O4S. The molecule has 0 spiro atoms. The number of carbonyl (C=O) groups excluding carboxylic acids is 1. The molecule has 0 aliphatic carbocycles. The zero-order chi connectivity index (χ0) is 19.2. The van der Waals surface area contributed by atoms with Gasteiger partial charge in [0.2, 0.25) is 15.9 Å². The van der Waals surface area contributed by atoms with E-state index in [1.807, 2.05) is 24.3 Å². The summed E-state index contributed by atoms with van der Waals surface area (Å²) in [5, 5.41) is 0. The summed E-state index contributed by atoms with van der Waals surface area (Å²) in [6, 6.07) is 10.6. The number of benzene rings is 2. The number of amides is 1. The summed E-state index contributed by atoms with van der Waals surface area (Å²) in [5.74, 6) is 0.702. The van der Waals surface area contributed by atoms with Crippen LogP contribution in [0.3, 0.4) is 0 Å². The van der Waals surface area contributed by atoms with Crippen LogP contribution in [0.1, 0.15) is 18.1 Å². The first-order chi connectivity index (χ1) is 12.8. The molecule has 2 aromatic carbocycles. The molecule has 2 aliphatic heterocycles. The molecule has 142 valence electrons. The van der Waals surface area contributed by atoms with Crippen molar-refractivity contribution in [2.75, 3.05) is 18.1 Å². The number of para-hydroxylation sites is 1. The molecule has 2 aromatic rings. The van der Waals surface area contributed by atoms with Crippen molar-refractivity contribution in [2.24, 2.45) is 0 Å². The molecule has 0 saturated heterocycles. The Morgan fingerprint density at radius 3 is 2.81 bits per heavy atom. The van der Waals surface area contributed by atoms with Crippen LogP contribution in [-0.2, 0) is 27.7 Å². The molecule has 6 nitrogen and oxygen atoms in total. The first-order valence-electron chi connectivity index (χ1n) is 8.69. The Morgan fingerprint density at radius 2 is 2.04 bits per heavy atom. The van der Waals surface area contributed by atoms with Crippen LogP contribution in [0, 0.1) is 0 Å². The summed E-state index contributed by atoms with van der Waals surface area (Å²) in [6.45, 7) is 2.33. The lowest BCUT2D eigenvalue weighted by Crippen LogP contribution is -2.42. The number of sulfonamides is 1. The second-order valence-electron chi connectivity index (χ2n) is 6.77. The summed E-state index contributed by atoms with van der Waals surface area (Å²) < 4.78 is 34.9. The van der Waals surface area contributed by atoms with E-state index in [4.69, 9.17) is 4.74 Å². The number of hydrogen-bond donors (Lipinski definition) is 1. The predicted octanol–water partition coefficient (Wildman–Crippen LogP) is 2.64. The molecule has 0 aromatic heterocycles. The highest BCUT2D eigenvalue weighted by Gasteiger charge is 2.30. The van der Waals surface area contributed by atoms with Crippen LogP contribution in [0.4, 0.5) is 5.69 Å². The number of carbonyl (C=O) groups is 1. The summed E-state index contributed by atoms with van der Waals surface area (Å²) in [7, 11) is -3.78. The molecule has 0 fully saturated rings. The Kier molecular flexibility index (Phi) is 4.73. The number of hydrogen-bond acceptors (Lipinski definition) is 4. The molecule has 8 heteroatoms. The average Bonchev–Trinajstić information content (AvgIpc) is 3.03. The van der Waals surface area contributed by atoms with E-state index in [2.05, 4.69) is 20.7 Å². The lowest BCUT2D eigenvalue weighted by Gasteiger charge is -2.26. The van der Waals surface area contributed by atoms with Crippen LogP contribution in [0.2, 0.25) is 0 Å². The fraction of sp³-hybridized carbons (Fsp3) is 0.316. The Labute approximate surface area is 166 Å². The summed E-state index contributed by atoms with van der Waals surface area (Å²) in [6.07, 6.45) is 1.28. The van der Waals surface area contributed by atoms with Crippen molar-refractivity contribution in [3.63, 3.8) is 0 Å². The van der Waals surface area contributed by atoms with Crippen LogP contribution >= 0.6 is 15.9 Å². The van der Waals surface area contributed by atoms with Gasteiger partial charge < -0.3 is 9.64 Å². The van der Waals surface area contributed by atoms with E-state index in [1.165, 1.54) is 6.92 Å². The molecule has 2 heterocycles. The number of nitrogens with zero attached hydrogens (tertiary/aromatic N) is 1. The molecule has 1 amide bonds. The molecule has 2 aliphatic rings. The maximum Gasteiger partial charge on any atom is 0.242 e. The molecule has 0 saturated carbocycles. The van der Waals surface area contributed by atoms with Crippen molar-refractivity contribution in [2.45, 2.75) is 30.7 Å². The van der Waals surface area contributed by atoms with E-state index in [-0.39, 0.29) is 23.5 Å². The van der Waals surface area contributed by atoms with Crippen LogP contribution in [0.25, 0.3) is 0 Å². The van der Waals surface area contributed by atoms with Gasteiger partial charge in [0.15, 0.2) is 0 Å². The number of anilines is 1. The highest BCUT2D eigenvalue weighted by molar-refractivity contribution is 9.10. The van der Waals surface area contributed by atoms with Crippen LogP contribution < -0.4 is 14.4 Å². The van der Waals surface area contributed by atoms with Gasteiger partial charge in [0.05, 0.1) is 10.9 Å². The zero-order valence-corrected chi connectivity index (χ0v) is 17.1. The summed E-state index contributed by atoms with van der Waals surface area (Å²) in [4.78, 5) is 13.6. The fourth-order valence-electron chi connectivity index (χ4n) is 3.61. The van der Waals surface area contributed by atoms with Crippen molar-refractivity contribution < 1.29 is 17.9 Å². The number of nitrogens with one attached hydrogen (secondary N) is 1. The van der Waals surface area contributed by atoms with Gasteiger partial charge in [-0.15, -0.1) is 0 Å². The minimum Gasteiger partial charge on any atom is -0.492 e. The Balaban J connectivity index is 1.62. The van der Waals surface area contributed by atoms with E-state index in [1.54, 1.807) is 17.0 Å². The first-order valence-corrected chi connectivity index (χ1v) is 11.0. The van der Waals surface area contributed by atoms with Gasteiger partial charge >= 0.3 is 0 Å². The lowest BCUT2D eigenvalue weighted by atomic mass is 10.0. The van der Waals surface area contributed by atoms with Gasteiger partial charge in [-0.2, -0.15) is 0 Å². The van der Waals surface area contributed by atoms with Crippen molar-refractivity contribution >= 4 is 37.5 Å². The molecule has 1 N–H and O–H groups in total. The van der Waals surface area contributed by atoms with E-state index < -0.39 is 10.0 Å². The van der Waals surface area contributed by atoms with Gasteiger partial charge in [-0.1, -0.05) is 18.2 Å². The van der Waals surface area contributed by atoms with Gasteiger partial charge in [-0.3, -0.25) is 4.79 Å². The standard InChI is InChI=1S/C19H19BrN2O4S/c1-12(23)22-7-6-13-9-16(20)19(10-17(13)22)27(24,25)21-15-8-14-4-2-3-5-18(14)26-11-15/h2-5,9-10,15,21H,6-8,11H2,1H3/t15-/m0/s1. The molecule has 0 radical (unpaired) electrons. The third-order valence-corrected chi connectivity index (χ3v) is 7.38. The Hall–Kier alpha value is -1.90. The minimum atomic E-state index is -3.78. The number of fused-ring (bicyclic) bond motifs is 2. The molecule has 0 unspecified atom stereocenters. The molecule has 4 rings (SSSR count). The average molecular weight is 451 g/mol. The van der Waals surface area contributed by atoms with Gasteiger partial charge in [0, 0.05) is 23.6 Å². The van der Waals surface area contributed by atoms with Crippen molar-refractivity contribution in [1.82, 2.24) is 4.72 Å². The number of ether oxygens (including phenoxy) is 1. The molecule has 0 bridgehead atoms. The van der Waals surface area contributed by atoms with Crippen LogP contribution in [-0.4, -0.2) is 33.5 Å². The normalized spacial score (nSPS) is 18.6. The quantitative estimate of drug-likeness (QED) is 0.779. The van der Waals surface area contributed by atoms with E-state index >= 15 is 0 Å². The zero-order valence-electron chi connectivity index (χ0n) is 14.7. The number of halogens is 1. The fourth-order valence-corrected chi connectivity index (χ4v) is 5.94. The topological polar surface area (TPSA) is 75.7 Å². The van der Waals surface area contributed by atoms with Gasteiger partial charge in [-0.05, 0) is 58.1 Å². The maximum absolute atomic E-state index is 13.0. The van der Waals surface area contributed by atoms with Crippen molar-refractivity contribution in [1.29, 1.82) is 0 Å². The molecule has 27 heavy (non-hydrogen) atoms. The van der Waals surface area contributed by atoms with Crippen molar-refractivity contribution in [3.05, 3.63) is 52.0 Å². The second kappa shape index (κ2) is 6.92. The second-order valence-corrected chi connectivity index (χ2v) is 9.31. The maximum atomic E-state index is 13.0. The largest absolute Gasteiger partial charge is 0.492 e. The van der Waals surface area contributed by atoms with Crippen molar-refractivity contribution in [3.8, 4) is 5.75 Å². The van der Waals surface area contributed by atoms with Crippen LogP contribution in [0.15, 0.2) is 45.8 Å². The molecular weight excluding hydrogens is 432 g/mol. The third kappa shape index (κ3) is 3.49. The van der Waals surface area contributed by atoms with Crippen LogP contribution in [0.5, 0.6) is 5.75 Å². The summed E-state index contributed by atoms with van der Waals surface area (Å²) in [5.41, 5.74) is 2.61. The van der Waals surface area contributed by atoms with Gasteiger partial charge in [0.1, 0.15) is 12.4 Å². The Bertz CT molecular complexity index is 1020. The highest BCUT2D eigenvalue weighted by Crippen LogP contribution is 2.35. The lowest BCUT2D eigenvalue weighted by molar-refractivity contribution is -0.116. The molecule has 1 atom stereocenters. The SMILES string of the molecule is CC(=O)N1CCc2cc(Br)c(S(=O)(=O)N[C@@H]3COc4ccccc4C3)cc21. The third-order valence-electron chi connectivity index (χ3n) is 4.90. The first kappa shape index (κ1) is 18.5. The predicted molar refractivity (Wildman–Crippen MR) is 106 cm³/mol.